The van der Waals surface area contributed by atoms with E-state index in [2.05, 4.69) is 5.32 Å². The highest BCUT2D eigenvalue weighted by Gasteiger charge is 2.31. The maximum atomic E-state index is 13.5. The number of rotatable bonds is 10. The molecule has 2 rings (SSSR count). The molecular weight excluding hydrogens is 489 g/mol. The van der Waals surface area contributed by atoms with Crippen molar-refractivity contribution in [3.63, 3.8) is 0 Å². The Bertz CT molecular complexity index is 1110. The van der Waals surface area contributed by atoms with Gasteiger partial charge in [0.1, 0.15) is 18.3 Å². The topological polar surface area (TPSA) is 96.0 Å². The van der Waals surface area contributed by atoms with E-state index in [0.717, 1.165) is 10.6 Å². The second-order valence-corrected chi connectivity index (χ2v) is 10.0. The SMILES string of the molecule is CCC(C(=O)NC)N(Cc1ccc(Cl)cc1Cl)C(=O)CN(c1cccc(OC)c1)S(C)(=O)=O. The zero-order chi connectivity index (χ0) is 24.8. The smallest absolute Gasteiger partial charge is 0.244 e. The average molecular weight is 516 g/mol. The van der Waals surface area contributed by atoms with Gasteiger partial charge in [0, 0.05) is 29.7 Å². The molecule has 2 amide bonds. The van der Waals surface area contributed by atoms with Crippen molar-refractivity contribution < 1.29 is 22.7 Å². The molecule has 0 spiro atoms. The van der Waals surface area contributed by atoms with Crippen LogP contribution in [0.5, 0.6) is 5.75 Å². The molecule has 0 bridgehead atoms. The third-order valence-corrected chi connectivity index (χ3v) is 6.74. The van der Waals surface area contributed by atoms with Gasteiger partial charge in [-0.25, -0.2) is 8.42 Å². The summed E-state index contributed by atoms with van der Waals surface area (Å²) in [6, 6.07) is 10.4. The molecule has 2 aromatic rings. The zero-order valence-corrected chi connectivity index (χ0v) is 21.2. The molecule has 180 valence electrons. The Morgan fingerprint density at radius 1 is 1.15 bits per heavy atom. The van der Waals surface area contributed by atoms with E-state index in [-0.39, 0.29) is 18.1 Å². The first-order chi connectivity index (χ1) is 15.5. The Kier molecular flexibility index (Phi) is 9.39. The van der Waals surface area contributed by atoms with E-state index in [1.165, 1.54) is 25.1 Å². The van der Waals surface area contributed by atoms with Crippen LogP contribution in [-0.4, -0.2) is 58.1 Å². The fraction of sp³-hybridized carbons (Fsp3) is 0.364. The summed E-state index contributed by atoms with van der Waals surface area (Å²) in [5.74, 6) is -0.497. The van der Waals surface area contributed by atoms with Crippen LogP contribution in [0.4, 0.5) is 5.69 Å². The van der Waals surface area contributed by atoms with Gasteiger partial charge < -0.3 is 15.0 Å². The van der Waals surface area contributed by atoms with Crippen LogP contribution in [0.25, 0.3) is 0 Å². The Hall–Kier alpha value is -2.49. The van der Waals surface area contributed by atoms with Crippen LogP contribution in [0.2, 0.25) is 10.0 Å². The van der Waals surface area contributed by atoms with E-state index in [1.807, 2.05) is 0 Å². The normalized spacial score (nSPS) is 12.1. The van der Waals surface area contributed by atoms with Crippen LogP contribution in [0.3, 0.4) is 0 Å². The molecule has 11 heteroatoms. The molecule has 0 aliphatic rings. The molecule has 2 aromatic carbocycles. The van der Waals surface area contributed by atoms with Gasteiger partial charge in [0.15, 0.2) is 0 Å². The summed E-state index contributed by atoms with van der Waals surface area (Å²) in [5.41, 5.74) is 0.840. The molecule has 8 nitrogen and oxygen atoms in total. The van der Waals surface area contributed by atoms with Crippen molar-refractivity contribution in [3.05, 3.63) is 58.1 Å². The number of carbonyl (C=O) groups excluding carboxylic acids is 2. The third-order valence-electron chi connectivity index (χ3n) is 5.01. The van der Waals surface area contributed by atoms with Gasteiger partial charge in [-0.1, -0.05) is 42.3 Å². The van der Waals surface area contributed by atoms with Crippen LogP contribution in [-0.2, 0) is 26.2 Å². The van der Waals surface area contributed by atoms with E-state index < -0.39 is 28.5 Å². The highest BCUT2D eigenvalue weighted by Crippen LogP contribution is 2.26. The lowest BCUT2D eigenvalue weighted by molar-refractivity contribution is -0.140. The van der Waals surface area contributed by atoms with Crippen molar-refractivity contribution in [2.45, 2.75) is 25.9 Å². The first kappa shape index (κ1) is 26.8. The number of halogens is 2. The van der Waals surface area contributed by atoms with E-state index >= 15 is 0 Å². The molecule has 0 saturated carbocycles. The van der Waals surface area contributed by atoms with Gasteiger partial charge in [-0.3, -0.25) is 13.9 Å². The zero-order valence-electron chi connectivity index (χ0n) is 18.8. The van der Waals surface area contributed by atoms with Crippen molar-refractivity contribution in [1.82, 2.24) is 10.2 Å². The van der Waals surface area contributed by atoms with E-state index in [9.17, 15) is 18.0 Å². The fourth-order valence-corrected chi connectivity index (χ4v) is 4.61. The lowest BCUT2D eigenvalue weighted by atomic mass is 10.1. The van der Waals surface area contributed by atoms with Crippen molar-refractivity contribution in [2.24, 2.45) is 0 Å². The van der Waals surface area contributed by atoms with Crippen LogP contribution in [0, 0.1) is 0 Å². The number of nitrogens with one attached hydrogen (secondary N) is 1. The van der Waals surface area contributed by atoms with Crippen molar-refractivity contribution >= 4 is 50.7 Å². The minimum absolute atomic E-state index is 0.00350. The van der Waals surface area contributed by atoms with Gasteiger partial charge >= 0.3 is 0 Å². The lowest BCUT2D eigenvalue weighted by Crippen LogP contribution is -2.51. The van der Waals surface area contributed by atoms with Crippen molar-refractivity contribution in [2.75, 3.05) is 31.3 Å². The standard InChI is InChI=1S/C22H27Cl2N3O5S/c1-5-20(22(29)25-2)26(13-15-9-10-16(23)11-19(15)24)21(28)14-27(33(4,30)31)17-7-6-8-18(12-17)32-3/h6-12,20H,5,13-14H2,1-4H3,(H,25,29). The Labute approximate surface area is 204 Å². The van der Waals surface area contributed by atoms with Gasteiger partial charge in [-0.2, -0.15) is 0 Å². The number of ether oxygens (including phenoxy) is 1. The van der Waals surface area contributed by atoms with Crippen LogP contribution in [0.15, 0.2) is 42.5 Å². The lowest BCUT2D eigenvalue weighted by Gasteiger charge is -2.32. The van der Waals surface area contributed by atoms with Gasteiger partial charge in [-0.15, -0.1) is 0 Å². The second kappa shape index (κ2) is 11.6. The maximum absolute atomic E-state index is 13.5. The average Bonchev–Trinajstić information content (AvgIpc) is 2.77. The number of methoxy groups -OCH3 is 1. The number of hydrogen-bond donors (Lipinski definition) is 1. The number of nitrogens with zero attached hydrogens (tertiary/aromatic N) is 2. The molecule has 1 unspecified atom stereocenters. The van der Waals surface area contributed by atoms with Crippen LogP contribution >= 0.6 is 23.2 Å². The van der Waals surface area contributed by atoms with E-state index in [4.69, 9.17) is 27.9 Å². The summed E-state index contributed by atoms with van der Waals surface area (Å²) in [5, 5.41) is 3.32. The van der Waals surface area contributed by atoms with Crippen LogP contribution < -0.4 is 14.4 Å². The quantitative estimate of drug-likeness (QED) is 0.523. The number of carbonyl (C=O) groups is 2. The summed E-state index contributed by atoms with van der Waals surface area (Å²) >= 11 is 12.3. The first-order valence-corrected chi connectivity index (χ1v) is 12.7. The molecule has 0 fully saturated rings. The summed E-state index contributed by atoms with van der Waals surface area (Å²) in [4.78, 5) is 27.3. The second-order valence-electron chi connectivity index (χ2n) is 7.27. The molecule has 33 heavy (non-hydrogen) atoms. The monoisotopic (exact) mass is 515 g/mol. The van der Waals surface area contributed by atoms with Crippen LogP contribution in [0.1, 0.15) is 18.9 Å². The number of sulfonamides is 1. The van der Waals surface area contributed by atoms with E-state index in [1.54, 1.807) is 43.3 Å². The fourth-order valence-electron chi connectivity index (χ4n) is 3.30. The number of likely N-dealkylation sites (N-methyl/N-ethyl adjacent to an activating group) is 1. The molecule has 0 aliphatic carbocycles. The summed E-state index contributed by atoms with van der Waals surface area (Å²) in [6.07, 6.45) is 1.32. The molecule has 0 aromatic heterocycles. The number of hydrogen-bond acceptors (Lipinski definition) is 5. The highest BCUT2D eigenvalue weighted by atomic mass is 35.5. The summed E-state index contributed by atoms with van der Waals surface area (Å²) in [6.45, 7) is 1.25. The van der Waals surface area contributed by atoms with Gasteiger partial charge in [0.25, 0.3) is 0 Å². The number of anilines is 1. The minimum atomic E-state index is -3.83. The first-order valence-electron chi connectivity index (χ1n) is 10.1. The van der Waals surface area contributed by atoms with Gasteiger partial charge in [0.05, 0.1) is 19.1 Å². The molecule has 1 N–H and O–H groups in total. The third kappa shape index (κ3) is 6.99. The molecule has 0 aliphatic heterocycles. The predicted octanol–water partition coefficient (Wildman–Crippen LogP) is 3.32. The summed E-state index contributed by atoms with van der Waals surface area (Å²) < 4.78 is 31.3. The largest absolute Gasteiger partial charge is 0.497 e. The predicted molar refractivity (Wildman–Crippen MR) is 130 cm³/mol. The Morgan fingerprint density at radius 2 is 1.85 bits per heavy atom. The molecule has 0 radical (unpaired) electrons. The Morgan fingerprint density at radius 3 is 2.39 bits per heavy atom. The van der Waals surface area contributed by atoms with Gasteiger partial charge in [0.2, 0.25) is 21.8 Å². The van der Waals surface area contributed by atoms with E-state index in [0.29, 0.717) is 27.8 Å². The Balaban J connectivity index is 2.47. The van der Waals surface area contributed by atoms with Crippen molar-refractivity contribution in [3.8, 4) is 5.75 Å². The maximum Gasteiger partial charge on any atom is 0.244 e. The van der Waals surface area contributed by atoms with Gasteiger partial charge in [-0.05, 0) is 36.2 Å². The molecule has 0 heterocycles. The minimum Gasteiger partial charge on any atom is -0.497 e. The number of amides is 2. The van der Waals surface area contributed by atoms with Crippen molar-refractivity contribution in [1.29, 1.82) is 0 Å². The number of benzene rings is 2. The summed E-state index contributed by atoms with van der Waals surface area (Å²) in [7, 11) is -0.896. The highest BCUT2D eigenvalue weighted by molar-refractivity contribution is 7.92. The molecule has 0 saturated heterocycles. The molecular formula is C22H27Cl2N3O5S. The molecule has 1 atom stereocenters.